The van der Waals surface area contributed by atoms with E-state index in [1.807, 2.05) is 36.4 Å². The van der Waals surface area contributed by atoms with Gasteiger partial charge in [-0.15, -0.1) is 0 Å². The van der Waals surface area contributed by atoms with Gasteiger partial charge in [-0.3, -0.25) is 4.79 Å². The van der Waals surface area contributed by atoms with E-state index in [0.717, 1.165) is 35.0 Å². The summed E-state index contributed by atoms with van der Waals surface area (Å²) in [6.07, 6.45) is 3.38. The first kappa shape index (κ1) is 14.8. The fourth-order valence-corrected chi connectivity index (χ4v) is 4.51. The van der Waals surface area contributed by atoms with Gasteiger partial charge in [0, 0.05) is 17.5 Å². The fraction of sp³-hybridized carbons (Fsp3) is 0.238. The predicted octanol–water partition coefficient (Wildman–Crippen LogP) is 3.65. The predicted molar refractivity (Wildman–Crippen MR) is 104 cm³/mol. The lowest BCUT2D eigenvalue weighted by Gasteiger charge is -2.47. The van der Waals surface area contributed by atoms with Gasteiger partial charge < -0.3 is 20.0 Å². The van der Waals surface area contributed by atoms with Crippen molar-refractivity contribution in [3.8, 4) is 11.5 Å². The summed E-state index contributed by atoms with van der Waals surface area (Å²) in [6.45, 7) is 0.701. The average molecular weight is 358 g/mol. The normalized spacial score (nSPS) is 17.9. The van der Waals surface area contributed by atoms with Crippen molar-refractivity contribution in [3.05, 3.63) is 48.2 Å². The van der Waals surface area contributed by atoms with Gasteiger partial charge in [-0.2, -0.15) is 0 Å². The number of fused-ring (bicyclic) bond motifs is 5. The lowest BCUT2D eigenvalue weighted by atomic mass is 9.75. The van der Waals surface area contributed by atoms with Crippen molar-refractivity contribution in [2.75, 3.05) is 12.3 Å². The molecule has 3 heterocycles. The van der Waals surface area contributed by atoms with Crippen LogP contribution in [0.2, 0.25) is 0 Å². The molecule has 1 amide bonds. The number of nitrogen functional groups attached to an aromatic ring is 1. The molecule has 0 unspecified atom stereocenters. The van der Waals surface area contributed by atoms with Gasteiger partial charge in [-0.05, 0) is 49.6 Å². The van der Waals surface area contributed by atoms with Gasteiger partial charge in [0.15, 0.2) is 5.58 Å². The van der Waals surface area contributed by atoms with Crippen LogP contribution in [0.25, 0.3) is 33.5 Å². The molecule has 4 aromatic rings. The van der Waals surface area contributed by atoms with Crippen LogP contribution in [0.15, 0.2) is 46.9 Å². The van der Waals surface area contributed by atoms with Crippen molar-refractivity contribution in [1.82, 2.24) is 14.9 Å². The van der Waals surface area contributed by atoms with Crippen molar-refractivity contribution < 1.29 is 9.21 Å². The summed E-state index contributed by atoms with van der Waals surface area (Å²) in [5.74, 6) is 0.545. The van der Waals surface area contributed by atoms with E-state index < -0.39 is 0 Å². The summed E-state index contributed by atoms with van der Waals surface area (Å²) in [5, 5.41) is 4.12. The minimum Gasteiger partial charge on any atom is -0.436 e. The highest BCUT2D eigenvalue weighted by molar-refractivity contribution is 6.01. The van der Waals surface area contributed by atoms with Gasteiger partial charge in [-0.1, -0.05) is 12.1 Å². The first-order valence-corrected chi connectivity index (χ1v) is 9.24. The highest BCUT2D eigenvalue weighted by Gasteiger charge is 2.44. The van der Waals surface area contributed by atoms with Crippen molar-refractivity contribution in [1.29, 1.82) is 0 Å². The third-order valence-corrected chi connectivity index (χ3v) is 6.07. The van der Waals surface area contributed by atoms with Crippen molar-refractivity contribution in [2.24, 2.45) is 0 Å². The summed E-state index contributed by atoms with van der Waals surface area (Å²) in [7, 11) is 0. The molecule has 27 heavy (non-hydrogen) atoms. The molecule has 2 aromatic carbocycles. The number of rotatable bonds is 1. The molecule has 1 spiro atoms. The number of anilines is 1. The Labute approximate surface area is 155 Å². The second kappa shape index (κ2) is 4.91. The first-order valence-electron chi connectivity index (χ1n) is 9.24. The Kier molecular flexibility index (Phi) is 2.70. The van der Waals surface area contributed by atoms with E-state index in [1.54, 1.807) is 0 Å². The van der Waals surface area contributed by atoms with Crippen LogP contribution in [0.5, 0.6) is 0 Å². The zero-order chi connectivity index (χ0) is 18.2. The van der Waals surface area contributed by atoms with Gasteiger partial charge in [0.25, 0.3) is 5.91 Å². The number of benzene rings is 2. The Morgan fingerprint density at radius 1 is 1.19 bits per heavy atom. The van der Waals surface area contributed by atoms with Crippen LogP contribution in [0, 0.1) is 0 Å². The number of nitrogens with two attached hydrogens (primary N) is 1. The van der Waals surface area contributed by atoms with E-state index in [-0.39, 0.29) is 11.4 Å². The number of nitrogens with one attached hydrogen (secondary N) is 1. The largest absolute Gasteiger partial charge is 0.436 e. The van der Waals surface area contributed by atoms with Gasteiger partial charge in [-0.25, -0.2) is 4.98 Å². The molecule has 0 bridgehead atoms. The van der Waals surface area contributed by atoms with E-state index in [0.29, 0.717) is 29.2 Å². The van der Waals surface area contributed by atoms with Crippen LogP contribution in [0.1, 0.15) is 29.8 Å². The van der Waals surface area contributed by atoms with Crippen LogP contribution in [-0.2, 0) is 5.54 Å². The molecule has 0 saturated heterocycles. The zero-order valence-corrected chi connectivity index (χ0v) is 14.7. The van der Waals surface area contributed by atoms with E-state index in [9.17, 15) is 4.79 Å². The zero-order valence-electron chi connectivity index (χ0n) is 14.7. The highest BCUT2D eigenvalue weighted by atomic mass is 16.3. The highest BCUT2D eigenvalue weighted by Crippen LogP contribution is 2.44. The number of aromatic nitrogens is 2. The molecule has 1 fully saturated rings. The van der Waals surface area contributed by atoms with Crippen LogP contribution in [0.4, 0.5) is 5.69 Å². The Balaban J connectivity index is 1.58. The molecule has 1 saturated carbocycles. The minimum absolute atomic E-state index is 0.0000827. The number of carbonyl (C=O) groups excluding carboxylic acids is 1. The molecule has 1 aliphatic carbocycles. The Morgan fingerprint density at radius 2 is 2.07 bits per heavy atom. The third kappa shape index (κ3) is 1.90. The maximum absolute atomic E-state index is 12.4. The summed E-state index contributed by atoms with van der Waals surface area (Å²) in [4.78, 5) is 17.0. The number of amides is 1. The van der Waals surface area contributed by atoms with E-state index in [1.165, 1.54) is 6.42 Å². The summed E-state index contributed by atoms with van der Waals surface area (Å²) < 4.78 is 8.18. The number of para-hydroxylation sites is 1. The Bertz CT molecular complexity index is 1250. The number of oxazole rings is 1. The molecule has 3 N–H and O–H groups in total. The molecular weight excluding hydrogens is 340 g/mol. The Hall–Kier alpha value is -3.28. The van der Waals surface area contributed by atoms with Crippen LogP contribution < -0.4 is 11.1 Å². The van der Waals surface area contributed by atoms with Crippen molar-refractivity contribution in [3.63, 3.8) is 0 Å². The number of hydrogen-bond acceptors (Lipinski definition) is 4. The molecule has 6 rings (SSSR count). The standard InChI is InChI=1S/C21H18N4O2/c22-14-3-1-4-17-18(14)24-20(27-17)13-6-5-12-9-16-19(26)23-11-21(7-2-8-21)25(16)15(12)10-13/h1,3-6,9-10H,2,7-8,11,22H2,(H,23,26). The van der Waals surface area contributed by atoms with Crippen molar-refractivity contribution >= 4 is 33.6 Å². The molecule has 134 valence electrons. The van der Waals surface area contributed by atoms with Crippen LogP contribution >= 0.6 is 0 Å². The maximum Gasteiger partial charge on any atom is 0.268 e. The number of nitrogens with zero attached hydrogens (tertiary/aromatic N) is 2. The fourth-order valence-electron chi connectivity index (χ4n) is 4.51. The molecule has 2 aromatic heterocycles. The van der Waals surface area contributed by atoms with E-state index >= 15 is 0 Å². The second-order valence-corrected chi connectivity index (χ2v) is 7.61. The average Bonchev–Trinajstić information content (AvgIpc) is 3.24. The molecule has 2 aliphatic rings. The first-order chi connectivity index (χ1) is 13.1. The van der Waals surface area contributed by atoms with Gasteiger partial charge >= 0.3 is 0 Å². The summed E-state index contributed by atoms with van der Waals surface area (Å²) in [5.41, 5.74) is 10.7. The van der Waals surface area contributed by atoms with Crippen molar-refractivity contribution in [2.45, 2.75) is 24.8 Å². The monoisotopic (exact) mass is 358 g/mol. The SMILES string of the molecule is Nc1cccc2oc(-c3ccc4cc5n(c4c3)C3(CCC3)CNC5=O)nc12. The summed E-state index contributed by atoms with van der Waals surface area (Å²) >= 11 is 0. The van der Waals surface area contributed by atoms with Gasteiger partial charge in [0.1, 0.15) is 11.2 Å². The van der Waals surface area contributed by atoms with E-state index in [2.05, 4.69) is 20.9 Å². The smallest absolute Gasteiger partial charge is 0.268 e. The number of hydrogen-bond donors (Lipinski definition) is 2. The molecule has 0 radical (unpaired) electrons. The Morgan fingerprint density at radius 3 is 2.85 bits per heavy atom. The lowest BCUT2D eigenvalue weighted by molar-refractivity contribution is 0.0763. The van der Waals surface area contributed by atoms with Crippen LogP contribution in [0.3, 0.4) is 0 Å². The van der Waals surface area contributed by atoms with E-state index in [4.69, 9.17) is 10.2 Å². The molecule has 6 nitrogen and oxygen atoms in total. The lowest BCUT2D eigenvalue weighted by Crippen LogP contribution is -2.55. The van der Waals surface area contributed by atoms with Crippen LogP contribution in [-0.4, -0.2) is 22.0 Å². The molecule has 6 heteroatoms. The molecule has 0 atom stereocenters. The second-order valence-electron chi connectivity index (χ2n) is 7.61. The van der Waals surface area contributed by atoms with Gasteiger partial charge in [0.2, 0.25) is 5.89 Å². The summed E-state index contributed by atoms with van der Waals surface area (Å²) in [6, 6.07) is 13.6. The molecular formula is C21H18N4O2. The third-order valence-electron chi connectivity index (χ3n) is 6.07. The maximum atomic E-state index is 12.4. The topological polar surface area (TPSA) is 86.1 Å². The quantitative estimate of drug-likeness (QED) is 0.509. The molecule has 1 aliphatic heterocycles. The minimum atomic E-state index is -0.0000827. The van der Waals surface area contributed by atoms with Gasteiger partial charge in [0.05, 0.1) is 16.7 Å². The number of carbonyl (C=O) groups is 1.